The number of hydrogen-bond acceptors (Lipinski definition) is 3. The molecule has 2 rings (SSSR count). The number of nitrogens with two attached hydrogens (primary N) is 1. The van der Waals surface area contributed by atoms with Gasteiger partial charge in [-0.1, -0.05) is 33.1 Å². The van der Waals surface area contributed by atoms with Crippen molar-refractivity contribution >= 4 is 18.3 Å². The standard InChI is InChI=1S/C17H32N2O2.ClH/c1-5-21-14-11-17(18,16(14,3)4)15(20)19-12(2)13-9-7-6-8-10-13;/h12-14H,5-11,18H2,1-4H3,(H,19,20);1H. The Hall–Kier alpha value is -0.320. The first-order valence-electron chi connectivity index (χ1n) is 8.54. The number of hydrogen-bond donors (Lipinski definition) is 2. The molecule has 2 fully saturated rings. The van der Waals surface area contributed by atoms with E-state index in [1.807, 2.05) is 20.8 Å². The Morgan fingerprint density at radius 1 is 1.32 bits per heavy atom. The number of ether oxygens (including phenoxy) is 1. The monoisotopic (exact) mass is 332 g/mol. The van der Waals surface area contributed by atoms with E-state index in [1.165, 1.54) is 32.1 Å². The number of nitrogens with one attached hydrogen (secondary N) is 1. The van der Waals surface area contributed by atoms with Gasteiger partial charge in [-0.05, 0) is 32.6 Å². The van der Waals surface area contributed by atoms with Crippen LogP contribution in [0.2, 0.25) is 0 Å². The molecule has 2 aliphatic rings. The predicted octanol–water partition coefficient (Wildman–Crippen LogP) is 3.03. The Balaban J connectivity index is 0.00000242. The molecule has 4 nitrogen and oxygen atoms in total. The van der Waals surface area contributed by atoms with Gasteiger partial charge in [-0.2, -0.15) is 0 Å². The molecule has 0 aromatic carbocycles. The van der Waals surface area contributed by atoms with Crippen molar-refractivity contribution in [2.24, 2.45) is 17.1 Å². The fourth-order valence-electron chi connectivity index (χ4n) is 3.91. The number of amides is 1. The van der Waals surface area contributed by atoms with Gasteiger partial charge in [0.05, 0.1) is 6.10 Å². The summed E-state index contributed by atoms with van der Waals surface area (Å²) < 4.78 is 5.70. The minimum atomic E-state index is -0.796. The third-order valence-corrected chi connectivity index (χ3v) is 5.95. The number of halogens is 1. The van der Waals surface area contributed by atoms with Crippen LogP contribution in [0.5, 0.6) is 0 Å². The molecule has 130 valence electrons. The molecular weight excluding hydrogens is 300 g/mol. The molecule has 0 bridgehead atoms. The van der Waals surface area contributed by atoms with Crippen molar-refractivity contribution in [1.82, 2.24) is 5.32 Å². The first-order valence-corrected chi connectivity index (χ1v) is 8.54. The molecule has 3 unspecified atom stereocenters. The zero-order chi connectivity index (χ0) is 15.7. The van der Waals surface area contributed by atoms with Crippen molar-refractivity contribution in [2.45, 2.75) is 83.9 Å². The van der Waals surface area contributed by atoms with Crippen molar-refractivity contribution in [1.29, 1.82) is 0 Å². The molecular formula is C17H33ClN2O2. The van der Waals surface area contributed by atoms with Gasteiger partial charge in [0, 0.05) is 24.5 Å². The molecule has 0 heterocycles. The van der Waals surface area contributed by atoms with E-state index >= 15 is 0 Å². The van der Waals surface area contributed by atoms with Crippen LogP contribution in [0.4, 0.5) is 0 Å². The first kappa shape index (κ1) is 19.7. The lowest BCUT2D eigenvalue weighted by molar-refractivity contribution is -0.171. The Labute approximate surface area is 141 Å². The van der Waals surface area contributed by atoms with Crippen LogP contribution in [0.3, 0.4) is 0 Å². The minimum absolute atomic E-state index is 0. The van der Waals surface area contributed by atoms with Crippen LogP contribution < -0.4 is 11.1 Å². The van der Waals surface area contributed by atoms with E-state index in [9.17, 15) is 4.79 Å². The van der Waals surface area contributed by atoms with Crippen LogP contribution in [0.15, 0.2) is 0 Å². The third-order valence-electron chi connectivity index (χ3n) is 5.95. The van der Waals surface area contributed by atoms with Crippen molar-refractivity contribution < 1.29 is 9.53 Å². The normalized spacial score (nSPS) is 32.5. The third kappa shape index (κ3) is 3.44. The van der Waals surface area contributed by atoms with Gasteiger partial charge in [0.25, 0.3) is 0 Å². The fraction of sp³-hybridized carbons (Fsp3) is 0.941. The molecule has 0 aromatic rings. The van der Waals surface area contributed by atoms with E-state index in [0.29, 0.717) is 18.9 Å². The molecule has 22 heavy (non-hydrogen) atoms. The Morgan fingerprint density at radius 2 is 1.91 bits per heavy atom. The lowest BCUT2D eigenvalue weighted by atomic mass is 9.54. The molecule has 1 amide bonds. The van der Waals surface area contributed by atoms with Gasteiger partial charge in [0.1, 0.15) is 5.54 Å². The van der Waals surface area contributed by atoms with Gasteiger partial charge in [-0.25, -0.2) is 0 Å². The lowest BCUT2D eigenvalue weighted by Crippen LogP contribution is -2.76. The molecule has 0 radical (unpaired) electrons. The van der Waals surface area contributed by atoms with Crippen LogP contribution in [0.25, 0.3) is 0 Å². The maximum absolute atomic E-state index is 12.7. The summed E-state index contributed by atoms with van der Waals surface area (Å²) >= 11 is 0. The van der Waals surface area contributed by atoms with E-state index in [0.717, 1.165) is 0 Å². The molecule has 5 heteroatoms. The van der Waals surface area contributed by atoms with Crippen LogP contribution in [0, 0.1) is 11.3 Å². The maximum atomic E-state index is 12.7. The molecule has 3 N–H and O–H groups in total. The Bertz CT molecular complexity index is 383. The maximum Gasteiger partial charge on any atom is 0.241 e. The summed E-state index contributed by atoms with van der Waals surface area (Å²) in [7, 11) is 0. The summed E-state index contributed by atoms with van der Waals surface area (Å²) in [5.74, 6) is 0.610. The van der Waals surface area contributed by atoms with Crippen molar-refractivity contribution in [2.75, 3.05) is 6.61 Å². The van der Waals surface area contributed by atoms with Crippen LogP contribution in [-0.4, -0.2) is 30.2 Å². The SMILES string of the molecule is CCOC1CC(N)(C(=O)NC(C)C2CCCCC2)C1(C)C.Cl. The van der Waals surface area contributed by atoms with Crippen LogP contribution in [0.1, 0.15) is 66.2 Å². The number of rotatable bonds is 5. The van der Waals surface area contributed by atoms with Gasteiger partial charge in [-0.3, -0.25) is 4.79 Å². The number of carbonyl (C=O) groups excluding carboxylic acids is 1. The summed E-state index contributed by atoms with van der Waals surface area (Å²) in [6.07, 6.45) is 7.07. The molecule has 2 saturated carbocycles. The van der Waals surface area contributed by atoms with E-state index in [-0.39, 0.29) is 35.9 Å². The molecule has 0 spiro atoms. The average Bonchev–Trinajstić information content (AvgIpc) is 2.47. The summed E-state index contributed by atoms with van der Waals surface area (Å²) in [6.45, 7) is 8.87. The molecule has 0 aliphatic heterocycles. The predicted molar refractivity (Wildman–Crippen MR) is 92.2 cm³/mol. The van der Waals surface area contributed by atoms with E-state index in [1.54, 1.807) is 0 Å². The van der Waals surface area contributed by atoms with Gasteiger partial charge >= 0.3 is 0 Å². The van der Waals surface area contributed by atoms with Crippen molar-refractivity contribution in [3.8, 4) is 0 Å². The summed E-state index contributed by atoms with van der Waals surface area (Å²) in [4.78, 5) is 12.7. The van der Waals surface area contributed by atoms with Gasteiger partial charge < -0.3 is 15.8 Å². The number of carbonyl (C=O) groups is 1. The molecule has 3 atom stereocenters. The van der Waals surface area contributed by atoms with Gasteiger partial charge in [0.2, 0.25) is 5.91 Å². The van der Waals surface area contributed by atoms with E-state index in [4.69, 9.17) is 10.5 Å². The minimum Gasteiger partial charge on any atom is -0.378 e. The zero-order valence-electron chi connectivity index (χ0n) is 14.5. The summed E-state index contributed by atoms with van der Waals surface area (Å²) in [5, 5.41) is 3.19. The fourth-order valence-corrected chi connectivity index (χ4v) is 3.91. The average molecular weight is 333 g/mol. The molecule has 0 saturated heterocycles. The zero-order valence-corrected chi connectivity index (χ0v) is 15.3. The van der Waals surface area contributed by atoms with E-state index in [2.05, 4.69) is 12.2 Å². The highest BCUT2D eigenvalue weighted by atomic mass is 35.5. The highest BCUT2D eigenvalue weighted by Crippen LogP contribution is 2.50. The van der Waals surface area contributed by atoms with Gasteiger partial charge in [-0.15, -0.1) is 12.4 Å². The largest absolute Gasteiger partial charge is 0.378 e. The summed E-state index contributed by atoms with van der Waals surface area (Å²) in [6, 6.07) is 0.222. The second-order valence-electron chi connectivity index (χ2n) is 7.50. The Morgan fingerprint density at radius 3 is 2.41 bits per heavy atom. The van der Waals surface area contributed by atoms with Crippen LogP contribution >= 0.6 is 12.4 Å². The van der Waals surface area contributed by atoms with Crippen molar-refractivity contribution in [3.05, 3.63) is 0 Å². The smallest absolute Gasteiger partial charge is 0.241 e. The molecule has 2 aliphatic carbocycles. The summed E-state index contributed by atoms with van der Waals surface area (Å²) in [5.41, 5.74) is 5.33. The lowest BCUT2D eigenvalue weighted by Gasteiger charge is -2.57. The van der Waals surface area contributed by atoms with Gasteiger partial charge in [0.15, 0.2) is 0 Å². The first-order chi connectivity index (χ1) is 9.83. The quantitative estimate of drug-likeness (QED) is 0.813. The topological polar surface area (TPSA) is 64.3 Å². The highest BCUT2D eigenvalue weighted by molar-refractivity contribution is 5.89. The van der Waals surface area contributed by atoms with E-state index < -0.39 is 5.54 Å². The Kier molecular flexibility index (Phi) is 6.72. The van der Waals surface area contributed by atoms with Crippen LogP contribution in [-0.2, 0) is 9.53 Å². The highest BCUT2D eigenvalue weighted by Gasteiger charge is 2.63. The molecule has 0 aromatic heterocycles. The second kappa shape index (κ2) is 7.50. The second-order valence-corrected chi connectivity index (χ2v) is 7.50. The van der Waals surface area contributed by atoms with Crippen molar-refractivity contribution in [3.63, 3.8) is 0 Å².